The third kappa shape index (κ3) is 3.53. The first-order valence-corrected chi connectivity index (χ1v) is 6.59. The van der Waals surface area contributed by atoms with Gasteiger partial charge in [-0.3, -0.25) is 9.78 Å². The van der Waals surface area contributed by atoms with E-state index < -0.39 is 0 Å². The Morgan fingerprint density at radius 1 is 1.39 bits per heavy atom. The van der Waals surface area contributed by atoms with Gasteiger partial charge in [0.05, 0.1) is 5.69 Å². The number of hydrogen-bond donors (Lipinski definition) is 2. The van der Waals surface area contributed by atoms with Crippen LogP contribution in [0.15, 0.2) is 18.3 Å². The summed E-state index contributed by atoms with van der Waals surface area (Å²) in [5, 5.41) is 3.50. The number of rotatable bonds is 4. The van der Waals surface area contributed by atoms with Crippen molar-refractivity contribution in [2.75, 3.05) is 0 Å². The van der Waals surface area contributed by atoms with Gasteiger partial charge in [0.2, 0.25) is 5.91 Å². The molecular weight excluding hydrogens is 226 g/mol. The van der Waals surface area contributed by atoms with Crippen LogP contribution in [0, 0.1) is 12.8 Å². The van der Waals surface area contributed by atoms with E-state index in [2.05, 4.69) is 22.4 Å². The monoisotopic (exact) mass is 247 g/mol. The van der Waals surface area contributed by atoms with E-state index in [0.29, 0.717) is 6.04 Å². The lowest BCUT2D eigenvalue weighted by molar-refractivity contribution is -0.122. The molecule has 0 atom stereocenters. The summed E-state index contributed by atoms with van der Waals surface area (Å²) in [5.74, 6) is -0.0609. The molecule has 0 aromatic carbocycles. The zero-order valence-electron chi connectivity index (χ0n) is 10.9. The Morgan fingerprint density at radius 2 is 2.11 bits per heavy atom. The van der Waals surface area contributed by atoms with Crippen molar-refractivity contribution in [3.05, 3.63) is 29.6 Å². The van der Waals surface area contributed by atoms with Crippen molar-refractivity contribution >= 4 is 5.91 Å². The van der Waals surface area contributed by atoms with Gasteiger partial charge in [-0.1, -0.05) is 6.07 Å². The van der Waals surface area contributed by atoms with E-state index in [1.807, 2.05) is 13.1 Å². The second-order valence-electron chi connectivity index (χ2n) is 5.16. The zero-order valence-corrected chi connectivity index (χ0v) is 10.9. The molecule has 1 heterocycles. The van der Waals surface area contributed by atoms with Gasteiger partial charge in [0.15, 0.2) is 0 Å². The van der Waals surface area contributed by atoms with E-state index in [4.69, 9.17) is 5.73 Å². The molecule has 1 fully saturated rings. The van der Waals surface area contributed by atoms with Gasteiger partial charge in [-0.2, -0.15) is 0 Å². The number of primary amides is 1. The third-order valence-corrected chi connectivity index (χ3v) is 3.67. The minimum Gasteiger partial charge on any atom is -0.369 e. The Kier molecular flexibility index (Phi) is 4.31. The number of carbonyl (C=O) groups excluding carboxylic acids is 1. The van der Waals surface area contributed by atoms with Crippen molar-refractivity contribution < 1.29 is 4.79 Å². The molecule has 18 heavy (non-hydrogen) atoms. The van der Waals surface area contributed by atoms with Crippen LogP contribution in [-0.2, 0) is 11.3 Å². The molecule has 4 heteroatoms. The molecule has 1 saturated carbocycles. The van der Waals surface area contributed by atoms with Gasteiger partial charge in [0, 0.05) is 24.7 Å². The summed E-state index contributed by atoms with van der Waals surface area (Å²) in [6.07, 6.45) is 5.77. The fraction of sp³-hybridized carbons (Fsp3) is 0.571. The molecule has 1 amide bonds. The molecule has 0 spiro atoms. The second-order valence-corrected chi connectivity index (χ2v) is 5.16. The molecule has 2 rings (SSSR count). The average molecular weight is 247 g/mol. The van der Waals surface area contributed by atoms with Gasteiger partial charge in [0.25, 0.3) is 0 Å². The lowest BCUT2D eigenvalue weighted by Crippen LogP contribution is -2.36. The quantitative estimate of drug-likeness (QED) is 0.847. The Hall–Kier alpha value is -1.42. The average Bonchev–Trinajstić information content (AvgIpc) is 2.38. The fourth-order valence-electron chi connectivity index (χ4n) is 2.43. The molecule has 0 saturated heterocycles. The number of amides is 1. The first-order chi connectivity index (χ1) is 8.65. The van der Waals surface area contributed by atoms with Gasteiger partial charge in [-0.05, 0) is 44.2 Å². The van der Waals surface area contributed by atoms with Crippen LogP contribution in [0.1, 0.15) is 36.9 Å². The Balaban J connectivity index is 1.75. The lowest BCUT2D eigenvalue weighted by Gasteiger charge is -2.27. The van der Waals surface area contributed by atoms with E-state index in [1.54, 1.807) is 0 Å². The molecule has 0 aliphatic heterocycles. The molecule has 1 aromatic heterocycles. The summed E-state index contributed by atoms with van der Waals surface area (Å²) < 4.78 is 0. The maximum Gasteiger partial charge on any atom is 0.220 e. The predicted molar refractivity (Wildman–Crippen MR) is 70.8 cm³/mol. The van der Waals surface area contributed by atoms with Crippen molar-refractivity contribution in [1.82, 2.24) is 10.3 Å². The van der Waals surface area contributed by atoms with Gasteiger partial charge in [-0.15, -0.1) is 0 Å². The van der Waals surface area contributed by atoms with Crippen molar-refractivity contribution in [1.29, 1.82) is 0 Å². The SMILES string of the molecule is Cc1ccc(CNC2CCC(C(N)=O)CC2)nc1. The second kappa shape index (κ2) is 5.96. The zero-order chi connectivity index (χ0) is 13.0. The highest BCUT2D eigenvalue weighted by atomic mass is 16.1. The molecule has 4 nitrogen and oxygen atoms in total. The third-order valence-electron chi connectivity index (χ3n) is 3.67. The number of carbonyl (C=O) groups is 1. The number of aromatic nitrogens is 1. The van der Waals surface area contributed by atoms with Gasteiger partial charge >= 0.3 is 0 Å². The van der Waals surface area contributed by atoms with E-state index >= 15 is 0 Å². The molecular formula is C14H21N3O. The molecule has 98 valence electrons. The van der Waals surface area contributed by atoms with Crippen LogP contribution in [0.3, 0.4) is 0 Å². The molecule has 1 aromatic rings. The number of nitrogens with one attached hydrogen (secondary N) is 1. The summed E-state index contributed by atoms with van der Waals surface area (Å²) >= 11 is 0. The minimum atomic E-state index is -0.145. The first-order valence-electron chi connectivity index (χ1n) is 6.59. The smallest absolute Gasteiger partial charge is 0.220 e. The number of hydrogen-bond acceptors (Lipinski definition) is 3. The van der Waals surface area contributed by atoms with Crippen LogP contribution in [0.5, 0.6) is 0 Å². The van der Waals surface area contributed by atoms with Crippen LogP contribution < -0.4 is 11.1 Å². The van der Waals surface area contributed by atoms with Gasteiger partial charge in [-0.25, -0.2) is 0 Å². The fourth-order valence-corrected chi connectivity index (χ4v) is 2.43. The van der Waals surface area contributed by atoms with Crippen LogP contribution in [0.4, 0.5) is 0 Å². The van der Waals surface area contributed by atoms with Gasteiger partial charge in [0.1, 0.15) is 0 Å². The Labute approximate surface area is 108 Å². The summed E-state index contributed by atoms with van der Waals surface area (Å²) in [6.45, 7) is 2.83. The van der Waals surface area contributed by atoms with Crippen molar-refractivity contribution in [3.63, 3.8) is 0 Å². The molecule has 0 bridgehead atoms. The molecule has 0 radical (unpaired) electrons. The topological polar surface area (TPSA) is 68.0 Å². The van der Waals surface area contributed by atoms with Crippen LogP contribution in [-0.4, -0.2) is 16.9 Å². The largest absolute Gasteiger partial charge is 0.369 e. The van der Waals surface area contributed by atoms with E-state index in [1.165, 1.54) is 5.56 Å². The van der Waals surface area contributed by atoms with Crippen molar-refractivity contribution in [2.24, 2.45) is 11.7 Å². The van der Waals surface area contributed by atoms with Crippen molar-refractivity contribution in [2.45, 2.75) is 45.2 Å². The molecule has 1 aliphatic carbocycles. The summed E-state index contributed by atoms with van der Waals surface area (Å²) in [5.41, 5.74) is 7.57. The summed E-state index contributed by atoms with van der Waals surface area (Å²) in [4.78, 5) is 15.4. The van der Waals surface area contributed by atoms with Crippen LogP contribution in [0.2, 0.25) is 0 Å². The standard InChI is InChI=1S/C14H21N3O/c1-10-2-5-13(16-8-10)9-17-12-6-3-11(4-7-12)14(15)18/h2,5,8,11-12,17H,3-4,6-7,9H2,1H3,(H2,15,18). The predicted octanol–water partition coefficient (Wildman–Crippen LogP) is 1.52. The van der Waals surface area contributed by atoms with E-state index in [0.717, 1.165) is 37.9 Å². The highest BCUT2D eigenvalue weighted by Crippen LogP contribution is 2.24. The molecule has 3 N–H and O–H groups in total. The lowest BCUT2D eigenvalue weighted by atomic mass is 9.85. The maximum atomic E-state index is 11.1. The number of nitrogens with zero attached hydrogens (tertiary/aromatic N) is 1. The normalized spacial score (nSPS) is 23.8. The highest BCUT2D eigenvalue weighted by Gasteiger charge is 2.24. The minimum absolute atomic E-state index is 0.0838. The van der Waals surface area contributed by atoms with Crippen LogP contribution >= 0.6 is 0 Å². The van der Waals surface area contributed by atoms with Crippen molar-refractivity contribution in [3.8, 4) is 0 Å². The number of aryl methyl sites for hydroxylation is 1. The number of nitrogens with two attached hydrogens (primary N) is 1. The van der Waals surface area contributed by atoms with E-state index in [9.17, 15) is 4.79 Å². The molecule has 1 aliphatic rings. The highest BCUT2D eigenvalue weighted by molar-refractivity contribution is 5.76. The van der Waals surface area contributed by atoms with E-state index in [-0.39, 0.29) is 11.8 Å². The van der Waals surface area contributed by atoms with Gasteiger partial charge < -0.3 is 11.1 Å². The Morgan fingerprint density at radius 3 is 2.67 bits per heavy atom. The van der Waals surface area contributed by atoms with Crippen LogP contribution in [0.25, 0.3) is 0 Å². The number of pyridine rings is 1. The molecule has 0 unspecified atom stereocenters. The summed E-state index contributed by atoms with van der Waals surface area (Å²) in [6, 6.07) is 4.62. The summed E-state index contributed by atoms with van der Waals surface area (Å²) in [7, 11) is 0. The maximum absolute atomic E-state index is 11.1. The first kappa shape index (κ1) is 13.0. The Bertz CT molecular complexity index is 394.